The molecular formula is C13H17Cl2NO3. The fraction of sp³-hybridized carbons (Fsp3) is 0.462. The SMILES string of the molecule is CCC(C)(CO)NC(=O)COc1ccc(Cl)c(Cl)c1. The summed E-state index contributed by atoms with van der Waals surface area (Å²) >= 11 is 11.6. The zero-order chi connectivity index (χ0) is 14.5. The van der Waals surface area contributed by atoms with Gasteiger partial charge in [0.25, 0.3) is 5.91 Å². The largest absolute Gasteiger partial charge is 0.484 e. The maximum Gasteiger partial charge on any atom is 0.258 e. The second-order valence-electron chi connectivity index (χ2n) is 4.49. The van der Waals surface area contributed by atoms with Crippen molar-refractivity contribution in [2.24, 2.45) is 0 Å². The first-order valence-electron chi connectivity index (χ1n) is 5.90. The van der Waals surface area contributed by atoms with Crippen molar-refractivity contribution in [2.75, 3.05) is 13.2 Å². The van der Waals surface area contributed by atoms with Crippen LogP contribution in [0.3, 0.4) is 0 Å². The maximum atomic E-state index is 11.7. The van der Waals surface area contributed by atoms with Gasteiger partial charge in [0.1, 0.15) is 5.75 Å². The average Bonchev–Trinajstić information content (AvgIpc) is 2.40. The van der Waals surface area contributed by atoms with Gasteiger partial charge in [0, 0.05) is 6.07 Å². The van der Waals surface area contributed by atoms with Crippen LogP contribution in [0.2, 0.25) is 10.0 Å². The third-order valence-electron chi connectivity index (χ3n) is 2.83. The lowest BCUT2D eigenvalue weighted by atomic mass is 10.0. The topological polar surface area (TPSA) is 58.6 Å². The van der Waals surface area contributed by atoms with Crippen LogP contribution >= 0.6 is 23.2 Å². The summed E-state index contributed by atoms with van der Waals surface area (Å²) in [6.07, 6.45) is 0.627. The van der Waals surface area contributed by atoms with Crippen LogP contribution in [-0.2, 0) is 4.79 Å². The highest BCUT2D eigenvalue weighted by molar-refractivity contribution is 6.42. The molecule has 0 aromatic heterocycles. The fourth-order valence-electron chi connectivity index (χ4n) is 1.33. The normalized spacial score (nSPS) is 13.7. The fourth-order valence-corrected chi connectivity index (χ4v) is 1.62. The molecule has 2 N–H and O–H groups in total. The first kappa shape index (κ1) is 16.1. The summed E-state index contributed by atoms with van der Waals surface area (Å²) in [6, 6.07) is 4.77. The molecule has 1 atom stereocenters. The van der Waals surface area contributed by atoms with E-state index >= 15 is 0 Å². The quantitative estimate of drug-likeness (QED) is 0.849. The van der Waals surface area contributed by atoms with E-state index < -0.39 is 5.54 Å². The number of rotatable bonds is 6. The van der Waals surface area contributed by atoms with E-state index in [1.807, 2.05) is 6.92 Å². The van der Waals surface area contributed by atoms with Crippen LogP contribution in [0.15, 0.2) is 18.2 Å². The van der Waals surface area contributed by atoms with Crippen molar-refractivity contribution < 1.29 is 14.6 Å². The predicted molar refractivity (Wildman–Crippen MR) is 75.9 cm³/mol. The van der Waals surface area contributed by atoms with Gasteiger partial charge in [-0.15, -0.1) is 0 Å². The number of carbonyl (C=O) groups is 1. The lowest BCUT2D eigenvalue weighted by Crippen LogP contribution is -2.49. The van der Waals surface area contributed by atoms with E-state index in [9.17, 15) is 9.90 Å². The summed E-state index contributed by atoms with van der Waals surface area (Å²) in [4.78, 5) is 11.7. The van der Waals surface area contributed by atoms with Gasteiger partial charge in [-0.05, 0) is 25.5 Å². The Morgan fingerprint density at radius 1 is 1.42 bits per heavy atom. The Kier molecular flexibility index (Phi) is 5.91. The molecule has 0 spiro atoms. The van der Waals surface area contributed by atoms with E-state index in [1.165, 1.54) is 0 Å². The molecule has 0 heterocycles. The minimum atomic E-state index is -0.627. The lowest BCUT2D eigenvalue weighted by molar-refractivity contribution is -0.125. The van der Waals surface area contributed by atoms with Crippen LogP contribution in [0.5, 0.6) is 5.75 Å². The third-order valence-corrected chi connectivity index (χ3v) is 3.57. The molecule has 106 valence electrons. The van der Waals surface area contributed by atoms with E-state index in [-0.39, 0.29) is 19.1 Å². The Hall–Kier alpha value is -0.970. The van der Waals surface area contributed by atoms with E-state index in [4.69, 9.17) is 27.9 Å². The van der Waals surface area contributed by atoms with Crippen LogP contribution in [0.4, 0.5) is 0 Å². The molecule has 1 rings (SSSR count). The van der Waals surface area contributed by atoms with Crippen LogP contribution in [-0.4, -0.2) is 29.8 Å². The Morgan fingerprint density at radius 3 is 2.63 bits per heavy atom. The molecule has 0 aliphatic carbocycles. The van der Waals surface area contributed by atoms with Crippen LogP contribution in [0.1, 0.15) is 20.3 Å². The Labute approximate surface area is 122 Å². The van der Waals surface area contributed by atoms with E-state index in [2.05, 4.69) is 5.32 Å². The average molecular weight is 306 g/mol. The lowest BCUT2D eigenvalue weighted by Gasteiger charge is -2.27. The highest BCUT2D eigenvalue weighted by atomic mass is 35.5. The zero-order valence-electron chi connectivity index (χ0n) is 10.9. The van der Waals surface area contributed by atoms with Crippen LogP contribution < -0.4 is 10.1 Å². The van der Waals surface area contributed by atoms with Gasteiger partial charge < -0.3 is 15.2 Å². The molecule has 19 heavy (non-hydrogen) atoms. The second-order valence-corrected chi connectivity index (χ2v) is 5.30. The molecule has 4 nitrogen and oxygen atoms in total. The molecule has 0 bridgehead atoms. The number of benzene rings is 1. The van der Waals surface area contributed by atoms with Crippen LogP contribution in [0.25, 0.3) is 0 Å². The minimum absolute atomic E-state index is 0.123. The number of nitrogens with one attached hydrogen (secondary N) is 1. The number of aliphatic hydroxyl groups excluding tert-OH is 1. The van der Waals surface area contributed by atoms with Gasteiger partial charge in [0.2, 0.25) is 0 Å². The molecule has 0 fully saturated rings. The number of ether oxygens (including phenoxy) is 1. The van der Waals surface area contributed by atoms with Gasteiger partial charge in [-0.2, -0.15) is 0 Å². The molecule has 0 aliphatic heterocycles. The van der Waals surface area contributed by atoms with Gasteiger partial charge in [-0.25, -0.2) is 0 Å². The van der Waals surface area contributed by atoms with E-state index in [1.54, 1.807) is 25.1 Å². The molecule has 0 saturated heterocycles. The summed E-state index contributed by atoms with van der Waals surface area (Å²) in [5.74, 6) is 0.163. The van der Waals surface area contributed by atoms with Crippen molar-refractivity contribution in [3.05, 3.63) is 28.2 Å². The van der Waals surface area contributed by atoms with Gasteiger partial charge in [0.05, 0.1) is 22.2 Å². The molecule has 0 aliphatic rings. The van der Waals surface area contributed by atoms with Gasteiger partial charge in [-0.1, -0.05) is 30.1 Å². The summed E-state index contributed by atoms with van der Waals surface area (Å²) in [7, 11) is 0. The van der Waals surface area contributed by atoms with Gasteiger partial charge >= 0.3 is 0 Å². The zero-order valence-corrected chi connectivity index (χ0v) is 12.4. The summed E-state index contributed by atoms with van der Waals surface area (Å²) in [5.41, 5.74) is -0.627. The Bertz CT molecular complexity index is 448. The second kappa shape index (κ2) is 6.98. The van der Waals surface area contributed by atoms with Crippen molar-refractivity contribution in [3.63, 3.8) is 0 Å². The summed E-state index contributed by atoms with van der Waals surface area (Å²) < 4.78 is 5.30. The molecule has 1 unspecified atom stereocenters. The number of hydrogen-bond donors (Lipinski definition) is 2. The molecule has 6 heteroatoms. The smallest absolute Gasteiger partial charge is 0.258 e. The minimum Gasteiger partial charge on any atom is -0.484 e. The van der Waals surface area contributed by atoms with E-state index in [0.29, 0.717) is 22.2 Å². The molecular weight excluding hydrogens is 289 g/mol. The Morgan fingerprint density at radius 2 is 2.11 bits per heavy atom. The molecule has 1 aromatic rings. The van der Waals surface area contributed by atoms with Crippen LogP contribution in [0, 0.1) is 0 Å². The van der Waals surface area contributed by atoms with E-state index in [0.717, 1.165) is 0 Å². The van der Waals surface area contributed by atoms with Gasteiger partial charge in [0.15, 0.2) is 6.61 Å². The highest BCUT2D eigenvalue weighted by Crippen LogP contribution is 2.26. The predicted octanol–water partition coefficient (Wildman–Crippen LogP) is 2.65. The number of aliphatic hydroxyl groups is 1. The van der Waals surface area contributed by atoms with Crippen molar-refractivity contribution in [2.45, 2.75) is 25.8 Å². The first-order chi connectivity index (χ1) is 8.90. The standard InChI is InChI=1S/C13H17Cl2NO3/c1-3-13(2,8-17)16-12(18)7-19-9-4-5-10(14)11(15)6-9/h4-6,17H,3,7-8H2,1-2H3,(H,16,18). The van der Waals surface area contributed by atoms with Gasteiger partial charge in [-0.3, -0.25) is 4.79 Å². The Balaban J connectivity index is 2.52. The first-order valence-corrected chi connectivity index (χ1v) is 6.65. The maximum absolute atomic E-state index is 11.7. The number of halogens is 2. The van der Waals surface area contributed by atoms with Crippen molar-refractivity contribution in [3.8, 4) is 5.75 Å². The van der Waals surface area contributed by atoms with Crippen molar-refractivity contribution in [1.82, 2.24) is 5.32 Å². The molecule has 1 aromatic carbocycles. The molecule has 0 saturated carbocycles. The van der Waals surface area contributed by atoms with Crippen molar-refractivity contribution in [1.29, 1.82) is 0 Å². The van der Waals surface area contributed by atoms with Crippen molar-refractivity contribution >= 4 is 29.1 Å². The number of amides is 1. The molecule has 0 radical (unpaired) electrons. The molecule has 1 amide bonds. The summed E-state index contributed by atoms with van der Waals surface area (Å²) in [6.45, 7) is 3.38. The monoisotopic (exact) mass is 305 g/mol. The number of hydrogen-bond acceptors (Lipinski definition) is 3. The summed E-state index contributed by atoms with van der Waals surface area (Å²) in [5, 5.41) is 12.7. The highest BCUT2D eigenvalue weighted by Gasteiger charge is 2.23. The number of carbonyl (C=O) groups excluding carboxylic acids is 1. The third kappa shape index (κ3) is 4.90.